The summed E-state index contributed by atoms with van der Waals surface area (Å²) in [6.07, 6.45) is 3.80. The maximum absolute atomic E-state index is 3.63. The van der Waals surface area contributed by atoms with Crippen LogP contribution >= 0.6 is 0 Å². The van der Waals surface area contributed by atoms with Crippen LogP contribution in [0.5, 0.6) is 0 Å². The number of nitrogens with one attached hydrogen (secondary N) is 1. The number of hydrogen-bond acceptors (Lipinski definition) is 1. The Hall–Kier alpha value is -0.820. The summed E-state index contributed by atoms with van der Waals surface area (Å²) in [5, 5.41) is 3.63. The standard InChI is InChI=1S/C16H25N/c1-4-14-9-10-17-16(14)15-7-5-13(6-8-15)11-12(2)3/h5-8,12,14,16-17H,4,9-11H2,1-3H3. The first-order valence-corrected chi connectivity index (χ1v) is 7.03. The van der Waals surface area contributed by atoms with Crippen LogP contribution in [0.4, 0.5) is 0 Å². The second-order valence-corrected chi connectivity index (χ2v) is 5.73. The van der Waals surface area contributed by atoms with Gasteiger partial charge < -0.3 is 5.32 Å². The molecular weight excluding hydrogens is 206 g/mol. The zero-order valence-corrected chi connectivity index (χ0v) is 11.4. The van der Waals surface area contributed by atoms with Crippen molar-refractivity contribution in [2.75, 3.05) is 6.54 Å². The molecule has 2 rings (SSSR count). The fraction of sp³-hybridized carbons (Fsp3) is 0.625. The summed E-state index contributed by atoms with van der Waals surface area (Å²) in [7, 11) is 0. The van der Waals surface area contributed by atoms with Crippen LogP contribution in [0.2, 0.25) is 0 Å². The molecule has 2 unspecified atom stereocenters. The van der Waals surface area contributed by atoms with Crippen molar-refractivity contribution in [1.29, 1.82) is 0 Å². The minimum Gasteiger partial charge on any atom is -0.310 e. The molecule has 1 saturated heterocycles. The molecule has 1 aliphatic heterocycles. The summed E-state index contributed by atoms with van der Waals surface area (Å²) >= 11 is 0. The third-order valence-electron chi connectivity index (χ3n) is 3.86. The molecule has 1 aliphatic rings. The van der Waals surface area contributed by atoms with Gasteiger partial charge in [0.1, 0.15) is 0 Å². The Morgan fingerprint density at radius 1 is 1.24 bits per heavy atom. The fourth-order valence-electron chi connectivity index (χ4n) is 2.92. The van der Waals surface area contributed by atoms with E-state index in [-0.39, 0.29) is 0 Å². The smallest absolute Gasteiger partial charge is 0.0349 e. The Morgan fingerprint density at radius 2 is 1.94 bits per heavy atom. The average molecular weight is 231 g/mol. The van der Waals surface area contributed by atoms with Crippen LogP contribution in [0.3, 0.4) is 0 Å². The van der Waals surface area contributed by atoms with Gasteiger partial charge in [0.2, 0.25) is 0 Å². The predicted octanol–water partition coefficient (Wildman–Crippen LogP) is 3.95. The van der Waals surface area contributed by atoms with Gasteiger partial charge in [0.15, 0.2) is 0 Å². The van der Waals surface area contributed by atoms with Crippen molar-refractivity contribution in [3.05, 3.63) is 35.4 Å². The monoisotopic (exact) mass is 231 g/mol. The first-order chi connectivity index (χ1) is 8.20. The van der Waals surface area contributed by atoms with E-state index in [1.165, 1.54) is 36.9 Å². The van der Waals surface area contributed by atoms with Crippen molar-refractivity contribution in [2.45, 2.75) is 46.1 Å². The topological polar surface area (TPSA) is 12.0 Å². The van der Waals surface area contributed by atoms with E-state index >= 15 is 0 Å². The second-order valence-electron chi connectivity index (χ2n) is 5.73. The largest absolute Gasteiger partial charge is 0.310 e. The Kier molecular flexibility index (Phi) is 4.22. The summed E-state index contributed by atoms with van der Waals surface area (Å²) in [6, 6.07) is 9.85. The van der Waals surface area contributed by atoms with E-state index in [0.29, 0.717) is 6.04 Å². The van der Waals surface area contributed by atoms with Crippen molar-refractivity contribution in [1.82, 2.24) is 5.32 Å². The zero-order valence-electron chi connectivity index (χ0n) is 11.4. The van der Waals surface area contributed by atoms with Crippen LogP contribution in [-0.4, -0.2) is 6.54 Å². The van der Waals surface area contributed by atoms with Crippen molar-refractivity contribution < 1.29 is 0 Å². The maximum Gasteiger partial charge on any atom is 0.0349 e. The highest BCUT2D eigenvalue weighted by Gasteiger charge is 2.26. The van der Waals surface area contributed by atoms with Gasteiger partial charge in [-0.2, -0.15) is 0 Å². The second kappa shape index (κ2) is 5.68. The van der Waals surface area contributed by atoms with Crippen molar-refractivity contribution >= 4 is 0 Å². The molecule has 0 aliphatic carbocycles. The van der Waals surface area contributed by atoms with Crippen LogP contribution in [0.25, 0.3) is 0 Å². The number of hydrogen-bond donors (Lipinski definition) is 1. The Bertz CT molecular complexity index is 339. The lowest BCUT2D eigenvalue weighted by Gasteiger charge is -2.19. The van der Waals surface area contributed by atoms with Gasteiger partial charge in [0, 0.05) is 6.04 Å². The first-order valence-electron chi connectivity index (χ1n) is 7.03. The summed E-state index contributed by atoms with van der Waals surface area (Å²) in [5.41, 5.74) is 2.94. The molecule has 17 heavy (non-hydrogen) atoms. The van der Waals surface area contributed by atoms with E-state index in [2.05, 4.69) is 50.4 Å². The molecule has 0 bridgehead atoms. The van der Waals surface area contributed by atoms with Gasteiger partial charge in [-0.25, -0.2) is 0 Å². The number of benzene rings is 1. The third kappa shape index (κ3) is 3.10. The van der Waals surface area contributed by atoms with E-state index < -0.39 is 0 Å². The molecule has 0 saturated carbocycles. The van der Waals surface area contributed by atoms with E-state index in [1.54, 1.807) is 0 Å². The van der Waals surface area contributed by atoms with Crippen LogP contribution in [0.15, 0.2) is 24.3 Å². The normalized spacial score (nSPS) is 24.5. The molecule has 1 aromatic rings. The minimum atomic E-state index is 0.591. The van der Waals surface area contributed by atoms with Gasteiger partial charge >= 0.3 is 0 Å². The lowest BCUT2D eigenvalue weighted by atomic mass is 9.91. The van der Waals surface area contributed by atoms with Gasteiger partial charge in [-0.05, 0) is 42.3 Å². The fourth-order valence-corrected chi connectivity index (χ4v) is 2.92. The molecule has 94 valence electrons. The molecule has 0 aromatic heterocycles. The quantitative estimate of drug-likeness (QED) is 0.827. The van der Waals surface area contributed by atoms with Crippen LogP contribution < -0.4 is 5.32 Å². The highest BCUT2D eigenvalue weighted by Crippen LogP contribution is 2.31. The van der Waals surface area contributed by atoms with Crippen molar-refractivity contribution in [2.24, 2.45) is 11.8 Å². The minimum absolute atomic E-state index is 0.591. The van der Waals surface area contributed by atoms with Crippen LogP contribution in [-0.2, 0) is 6.42 Å². The molecular formula is C16H25N. The molecule has 1 heterocycles. The van der Waals surface area contributed by atoms with Gasteiger partial charge in [0.25, 0.3) is 0 Å². The van der Waals surface area contributed by atoms with Crippen LogP contribution in [0.1, 0.15) is 50.8 Å². The maximum atomic E-state index is 3.63. The van der Waals surface area contributed by atoms with Gasteiger partial charge in [-0.15, -0.1) is 0 Å². The lowest BCUT2D eigenvalue weighted by molar-refractivity contribution is 0.449. The Balaban J connectivity index is 2.07. The Morgan fingerprint density at radius 3 is 2.53 bits per heavy atom. The zero-order chi connectivity index (χ0) is 12.3. The molecule has 1 fully saturated rings. The molecule has 0 radical (unpaired) electrons. The first kappa shape index (κ1) is 12.6. The third-order valence-corrected chi connectivity index (χ3v) is 3.86. The van der Waals surface area contributed by atoms with Crippen molar-refractivity contribution in [3.8, 4) is 0 Å². The van der Waals surface area contributed by atoms with E-state index in [4.69, 9.17) is 0 Å². The summed E-state index contributed by atoms with van der Waals surface area (Å²) in [5.74, 6) is 1.57. The highest BCUT2D eigenvalue weighted by molar-refractivity contribution is 5.26. The molecule has 2 atom stereocenters. The molecule has 0 amide bonds. The van der Waals surface area contributed by atoms with Crippen molar-refractivity contribution in [3.63, 3.8) is 0 Å². The molecule has 0 spiro atoms. The van der Waals surface area contributed by atoms with E-state index in [1.807, 2.05) is 0 Å². The molecule has 1 heteroatoms. The number of rotatable bonds is 4. The Labute approximate surface area is 106 Å². The molecule has 1 nitrogen and oxygen atoms in total. The highest BCUT2D eigenvalue weighted by atomic mass is 14.9. The summed E-state index contributed by atoms with van der Waals surface area (Å²) < 4.78 is 0. The van der Waals surface area contributed by atoms with Gasteiger partial charge in [-0.3, -0.25) is 0 Å². The van der Waals surface area contributed by atoms with Gasteiger partial charge in [0.05, 0.1) is 0 Å². The van der Waals surface area contributed by atoms with Crippen LogP contribution in [0, 0.1) is 11.8 Å². The van der Waals surface area contributed by atoms with E-state index in [0.717, 1.165) is 11.8 Å². The lowest BCUT2D eigenvalue weighted by Crippen LogP contribution is -2.17. The predicted molar refractivity (Wildman–Crippen MR) is 74.1 cm³/mol. The van der Waals surface area contributed by atoms with Gasteiger partial charge in [-0.1, -0.05) is 51.5 Å². The average Bonchev–Trinajstić information content (AvgIpc) is 2.77. The molecule has 1 N–H and O–H groups in total. The SMILES string of the molecule is CCC1CCNC1c1ccc(CC(C)C)cc1. The summed E-state index contributed by atoms with van der Waals surface area (Å²) in [6.45, 7) is 8.04. The van der Waals surface area contributed by atoms with E-state index in [9.17, 15) is 0 Å². The molecule has 1 aromatic carbocycles. The summed E-state index contributed by atoms with van der Waals surface area (Å²) in [4.78, 5) is 0.